The summed E-state index contributed by atoms with van der Waals surface area (Å²) in [4.78, 5) is 32.7. The van der Waals surface area contributed by atoms with Gasteiger partial charge in [-0.05, 0) is 34.7 Å². The maximum absolute atomic E-state index is 12.8. The molecule has 3 heterocycles. The Balaban J connectivity index is 1.63. The molecule has 0 bridgehead atoms. The summed E-state index contributed by atoms with van der Waals surface area (Å²) in [7, 11) is 0. The molecule has 0 aliphatic carbocycles. The monoisotopic (exact) mass is 399 g/mol. The number of amides is 1. The number of hydrogen-bond donors (Lipinski definition) is 2. The molecule has 1 aliphatic heterocycles. The molecule has 28 heavy (non-hydrogen) atoms. The molecule has 2 aromatic heterocycles. The van der Waals surface area contributed by atoms with Gasteiger partial charge in [-0.1, -0.05) is 11.6 Å². The number of carbonyl (C=O) groups excluding carboxylic acids is 1. The van der Waals surface area contributed by atoms with Gasteiger partial charge in [0.25, 0.3) is 0 Å². The number of carboxylic acid groups (broad SMARTS) is 1. The van der Waals surface area contributed by atoms with Crippen molar-refractivity contribution in [1.29, 1.82) is 0 Å². The van der Waals surface area contributed by atoms with Crippen LogP contribution in [-0.2, 0) is 16.0 Å². The highest BCUT2D eigenvalue weighted by Gasteiger charge is 2.36. The van der Waals surface area contributed by atoms with Gasteiger partial charge in [0.1, 0.15) is 6.33 Å². The Kier molecular flexibility index (Phi) is 4.62. The highest BCUT2D eigenvalue weighted by Crippen LogP contribution is 2.28. The number of aromatic nitrogens is 6. The van der Waals surface area contributed by atoms with E-state index in [1.165, 1.54) is 28.3 Å². The van der Waals surface area contributed by atoms with Crippen molar-refractivity contribution < 1.29 is 14.7 Å². The van der Waals surface area contributed by atoms with Gasteiger partial charge < -0.3 is 15.0 Å². The molecule has 1 atom stereocenters. The van der Waals surface area contributed by atoms with Crippen LogP contribution in [0.15, 0.2) is 36.9 Å². The van der Waals surface area contributed by atoms with Crippen molar-refractivity contribution in [1.82, 2.24) is 35.1 Å². The fraction of sp³-hybridized carbons (Fsp3) is 0.176. The summed E-state index contributed by atoms with van der Waals surface area (Å²) >= 11 is 6.07. The van der Waals surface area contributed by atoms with E-state index >= 15 is 0 Å². The van der Waals surface area contributed by atoms with Crippen molar-refractivity contribution in [2.24, 2.45) is 0 Å². The Labute approximate surface area is 163 Å². The van der Waals surface area contributed by atoms with Gasteiger partial charge in [-0.15, -0.1) is 5.10 Å². The van der Waals surface area contributed by atoms with Crippen LogP contribution in [0, 0.1) is 0 Å². The Morgan fingerprint density at radius 1 is 1.36 bits per heavy atom. The van der Waals surface area contributed by atoms with Gasteiger partial charge in [-0.2, -0.15) is 4.68 Å². The van der Waals surface area contributed by atoms with Crippen LogP contribution in [0.4, 0.5) is 0 Å². The number of benzene rings is 1. The van der Waals surface area contributed by atoms with Crippen molar-refractivity contribution in [2.45, 2.75) is 12.5 Å². The molecule has 10 nitrogen and oxygen atoms in total. The van der Waals surface area contributed by atoms with Crippen LogP contribution in [0.5, 0.6) is 0 Å². The molecule has 0 saturated carbocycles. The number of rotatable bonds is 4. The summed E-state index contributed by atoms with van der Waals surface area (Å²) in [6, 6.07) is 3.96. The molecule has 0 saturated heterocycles. The summed E-state index contributed by atoms with van der Waals surface area (Å²) in [5, 5.41) is 21.1. The quantitative estimate of drug-likeness (QED) is 0.631. The van der Waals surface area contributed by atoms with E-state index < -0.39 is 17.9 Å². The zero-order valence-electron chi connectivity index (χ0n) is 14.4. The second-order valence-corrected chi connectivity index (χ2v) is 6.51. The van der Waals surface area contributed by atoms with E-state index in [9.17, 15) is 14.7 Å². The number of halogens is 1. The van der Waals surface area contributed by atoms with Crippen molar-refractivity contribution in [3.63, 3.8) is 0 Å². The van der Waals surface area contributed by atoms with Crippen LogP contribution in [0.3, 0.4) is 0 Å². The van der Waals surface area contributed by atoms with E-state index in [0.29, 0.717) is 34.1 Å². The molecule has 0 fully saturated rings. The summed E-state index contributed by atoms with van der Waals surface area (Å²) in [5.74, 6) is -1.56. The number of fused-ring (bicyclic) bond motifs is 1. The first-order valence-electron chi connectivity index (χ1n) is 8.31. The largest absolute Gasteiger partial charge is 0.479 e. The highest BCUT2D eigenvalue weighted by atomic mass is 35.5. The SMILES string of the molecule is O=C(O)C1c2[nH]cnc2CCN1C(=O)/C=C/c1cc(Cl)ccc1-n1cnnn1. The van der Waals surface area contributed by atoms with Crippen molar-refractivity contribution in [3.8, 4) is 5.69 Å². The van der Waals surface area contributed by atoms with Crippen LogP contribution < -0.4 is 0 Å². The molecule has 0 spiro atoms. The fourth-order valence-electron chi connectivity index (χ4n) is 3.17. The van der Waals surface area contributed by atoms with Gasteiger partial charge in [-0.3, -0.25) is 4.79 Å². The molecule has 1 amide bonds. The van der Waals surface area contributed by atoms with Gasteiger partial charge in [0.05, 0.1) is 23.4 Å². The standard InChI is InChI=1S/C17H14ClN7O3/c18-11-2-3-13(25-9-21-22-23-25)10(7-11)1-4-14(26)24-6-5-12-15(20-8-19-12)16(24)17(27)28/h1-4,7-9,16H,5-6H2,(H,19,20)(H,27,28)/b4-1+. The third-order valence-electron chi connectivity index (χ3n) is 4.43. The van der Waals surface area contributed by atoms with E-state index in [0.717, 1.165) is 0 Å². The first-order chi connectivity index (χ1) is 13.5. The van der Waals surface area contributed by atoms with Crippen LogP contribution >= 0.6 is 11.6 Å². The molecule has 4 rings (SSSR count). The number of H-pyrrole nitrogens is 1. The first-order valence-corrected chi connectivity index (χ1v) is 8.69. The Morgan fingerprint density at radius 3 is 2.96 bits per heavy atom. The summed E-state index contributed by atoms with van der Waals surface area (Å²) in [6.45, 7) is 0.257. The average Bonchev–Trinajstić information content (AvgIpc) is 3.36. The van der Waals surface area contributed by atoms with E-state index in [1.54, 1.807) is 24.3 Å². The van der Waals surface area contributed by atoms with Crippen LogP contribution in [0.1, 0.15) is 23.0 Å². The smallest absolute Gasteiger partial charge is 0.332 e. The maximum atomic E-state index is 12.8. The van der Waals surface area contributed by atoms with E-state index in [-0.39, 0.29) is 6.54 Å². The van der Waals surface area contributed by atoms with Gasteiger partial charge in [0.2, 0.25) is 5.91 Å². The topological polar surface area (TPSA) is 130 Å². The third-order valence-corrected chi connectivity index (χ3v) is 4.67. The number of carboxylic acids is 1. The lowest BCUT2D eigenvalue weighted by atomic mass is 10.0. The lowest BCUT2D eigenvalue weighted by Gasteiger charge is -2.31. The second-order valence-electron chi connectivity index (χ2n) is 6.08. The number of imidazole rings is 1. The van der Waals surface area contributed by atoms with Crippen molar-refractivity contribution in [3.05, 3.63) is 58.9 Å². The Hall–Kier alpha value is -3.53. The third kappa shape index (κ3) is 3.25. The second kappa shape index (κ2) is 7.24. The number of nitrogens with zero attached hydrogens (tertiary/aromatic N) is 6. The predicted octanol–water partition coefficient (Wildman–Crippen LogP) is 1.26. The zero-order chi connectivity index (χ0) is 19.7. The van der Waals surface area contributed by atoms with Gasteiger partial charge in [-0.25, -0.2) is 9.78 Å². The van der Waals surface area contributed by atoms with E-state index in [4.69, 9.17) is 11.6 Å². The molecular weight excluding hydrogens is 386 g/mol. The molecule has 11 heteroatoms. The predicted molar refractivity (Wildman–Crippen MR) is 97.6 cm³/mol. The summed E-state index contributed by atoms with van der Waals surface area (Å²) in [6.07, 6.45) is 6.22. The molecule has 142 valence electrons. The number of aromatic amines is 1. The fourth-order valence-corrected chi connectivity index (χ4v) is 3.35. The zero-order valence-corrected chi connectivity index (χ0v) is 15.1. The lowest BCUT2D eigenvalue weighted by Crippen LogP contribution is -2.43. The lowest BCUT2D eigenvalue weighted by molar-refractivity contribution is -0.149. The Bertz CT molecular complexity index is 1060. The number of tetrazole rings is 1. The average molecular weight is 400 g/mol. The molecule has 1 unspecified atom stereocenters. The number of carbonyl (C=O) groups is 2. The highest BCUT2D eigenvalue weighted by molar-refractivity contribution is 6.30. The van der Waals surface area contributed by atoms with Gasteiger partial charge >= 0.3 is 5.97 Å². The van der Waals surface area contributed by atoms with Gasteiger partial charge in [0, 0.05) is 29.6 Å². The molecule has 0 radical (unpaired) electrons. The van der Waals surface area contributed by atoms with E-state index in [1.807, 2.05) is 0 Å². The van der Waals surface area contributed by atoms with Gasteiger partial charge in [0.15, 0.2) is 6.04 Å². The number of hydrogen-bond acceptors (Lipinski definition) is 6. The van der Waals surface area contributed by atoms with Crippen molar-refractivity contribution >= 4 is 29.6 Å². The molecular formula is C17H14ClN7O3. The molecule has 3 aromatic rings. The first kappa shape index (κ1) is 17.9. The summed E-state index contributed by atoms with van der Waals surface area (Å²) in [5.41, 5.74) is 2.33. The minimum absolute atomic E-state index is 0.257. The molecule has 2 N–H and O–H groups in total. The molecule has 1 aliphatic rings. The number of aliphatic carboxylic acids is 1. The van der Waals surface area contributed by atoms with E-state index in [2.05, 4.69) is 25.5 Å². The minimum Gasteiger partial charge on any atom is -0.479 e. The normalized spacial score (nSPS) is 16.3. The van der Waals surface area contributed by atoms with Crippen LogP contribution in [0.25, 0.3) is 11.8 Å². The Morgan fingerprint density at radius 2 is 2.21 bits per heavy atom. The minimum atomic E-state index is -1.12. The maximum Gasteiger partial charge on any atom is 0.332 e. The van der Waals surface area contributed by atoms with Crippen LogP contribution in [0.2, 0.25) is 5.02 Å². The summed E-state index contributed by atoms with van der Waals surface area (Å²) < 4.78 is 1.44. The number of nitrogens with one attached hydrogen (secondary N) is 1. The van der Waals surface area contributed by atoms with Crippen LogP contribution in [-0.4, -0.2) is 58.6 Å². The van der Waals surface area contributed by atoms with Crippen molar-refractivity contribution in [2.75, 3.05) is 6.54 Å². The molecule has 1 aromatic carbocycles.